The fourth-order valence-corrected chi connectivity index (χ4v) is 1.37. The standard InChI is InChI=1S/C13H11ClN2O3/c1-2-7-15-13(19)12(18)9-5-3-4-6-10(9)16-11(17)8-14/h1,3-6H,7-8H2,(H,15,19)(H,16,17). The van der Waals surface area contributed by atoms with E-state index in [4.69, 9.17) is 18.0 Å². The van der Waals surface area contributed by atoms with Crippen LogP contribution in [0, 0.1) is 12.3 Å². The lowest BCUT2D eigenvalue weighted by atomic mass is 10.1. The summed E-state index contributed by atoms with van der Waals surface area (Å²) in [5.74, 6) is -0.127. The zero-order valence-electron chi connectivity index (χ0n) is 9.90. The second-order valence-electron chi connectivity index (χ2n) is 3.44. The molecule has 0 atom stereocenters. The third-order valence-electron chi connectivity index (χ3n) is 2.12. The molecule has 0 aliphatic rings. The van der Waals surface area contributed by atoms with Crippen molar-refractivity contribution in [3.8, 4) is 12.3 Å². The average molecular weight is 279 g/mol. The molecule has 0 aromatic heterocycles. The van der Waals surface area contributed by atoms with Crippen LogP contribution in [0.4, 0.5) is 5.69 Å². The molecule has 0 fully saturated rings. The molecular weight excluding hydrogens is 268 g/mol. The predicted octanol–water partition coefficient (Wildman–Crippen LogP) is 0.796. The van der Waals surface area contributed by atoms with E-state index >= 15 is 0 Å². The van der Waals surface area contributed by atoms with Crippen LogP contribution in [0.25, 0.3) is 0 Å². The first-order valence-corrected chi connectivity index (χ1v) is 5.84. The normalized spacial score (nSPS) is 9.26. The van der Waals surface area contributed by atoms with Gasteiger partial charge in [-0.3, -0.25) is 14.4 Å². The number of carbonyl (C=O) groups excluding carboxylic acids is 3. The van der Waals surface area contributed by atoms with Gasteiger partial charge in [0.05, 0.1) is 17.8 Å². The van der Waals surface area contributed by atoms with E-state index in [9.17, 15) is 14.4 Å². The molecule has 19 heavy (non-hydrogen) atoms. The van der Waals surface area contributed by atoms with Crippen molar-refractivity contribution in [2.45, 2.75) is 0 Å². The second-order valence-corrected chi connectivity index (χ2v) is 3.71. The van der Waals surface area contributed by atoms with E-state index in [-0.39, 0.29) is 23.7 Å². The molecular formula is C13H11ClN2O3. The maximum absolute atomic E-state index is 11.9. The number of nitrogens with one attached hydrogen (secondary N) is 2. The Hall–Kier alpha value is -2.32. The highest BCUT2D eigenvalue weighted by atomic mass is 35.5. The van der Waals surface area contributed by atoms with Crippen molar-refractivity contribution in [3.63, 3.8) is 0 Å². The molecule has 2 amide bonds. The molecule has 0 saturated heterocycles. The zero-order chi connectivity index (χ0) is 14.3. The number of rotatable bonds is 5. The van der Waals surface area contributed by atoms with Gasteiger partial charge in [0.2, 0.25) is 5.91 Å². The minimum absolute atomic E-state index is 0.0409. The molecule has 98 valence electrons. The summed E-state index contributed by atoms with van der Waals surface area (Å²) < 4.78 is 0. The number of ketones is 1. The molecule has 6 heteroatoms. The van der Waals surface area contributed by atoms with Gasteiger partial charge >= 0.3 is 0 Å². The Morgan fingerprint density at radius 2 is 1.95 bits per heavy atom. The van der Waals surface area contributed by atoms with E-state index in [1.165, 1.54) is 12.1 Å². The molecule has 0 unspecified atom stereocenters. The fourth-order valence-electron chi connectivity index (χ4n) is 1.31. The predicted molar refractivity (Wildman–Crippen MR) is 72.0 cm³/mol. The maximum atomic E-state index is 11.9. The highest BCUT2D eigenvalue weighted by Crippen LogP contribution is 2.15. The highest BCUT2D eigenvalue weighted by molar-refractivity contribution is 6.44. The molecule has 1 rings (SSSR count). The minimum atomic E-state index is -0.828. The number of hydrogen-bond acceptors (Lipinski definition) is 3. The molecule has 5 nitrogen and oxygen atoms in total. The molecule has 0 aliphatic heterocycles. The van der Waals surface area contributed by atoms with Crippen molar-refractivity contribution in [2.24, 2.45) is 0 Å². The van der Waals surface area contributed by atoms with Crippen LogP contribution >= 0.6 is 11.6 Å². The van der Waals surface area contributed by atoms with Crippen LogP contribution in [-0.2, 0) is 9.59 Å². The second kappa shape index (κ2) is 7.19. The SMILES string of the molecule is C#CCNC(=O)C(=O)c1ccccc1NC(=O)CCl. The Bertz CT molecular complexity index is 549. The van der Waals surface area contributed by atoms with Gasteiger partial charge in [0.1, 0.15) is 5.88 Å². The van der Waals surface area contributed by atoms with Crippen molar-refractivity contribution in [1.29, 1.82) is 0 Å². The van der Waals surface area contributed by atoms with E-state index in [1.807, 2.05) is 0 Å². The number of benzene rings is 1. The summed E-state index contributed by atoms with van der Waals surface area (Å²) in [6.07, 6.45) is 4.98. The van der Waals surface area contributed by atoms with E-state index < -0.39 is 17.6 Å². The number of terminal acetylenes is 1. The van der Waals surface area contributed by atoms with E-state index in [0.29, 0.717) is 0 Å². The van der Waals surface area contributed by atoms with Gasteiger partial charge in [0.25, 0.3) is 11.7 Å². The number of amides is 2. The Morgan fingerprint density at radius 1 is 1.26 bits per heavy atom. The lowest BCUT2D eigenvalue weighted by Gasteiger charge is -2.08. The lowest BCUT2D eigenvalue weighted by Crippen LogP contribution is -2.32. The van der Waals surface area contributed by atoms with Crippen molar-refractivity contribution in [3.05, 3.63) is 29.8 Å². The van der Waals surface area contributed by atoms with Gasteiger partial charge in [-0.2, -0.15) is 0 Å². The molecule has 1 aromatic carbocycles. The van der Waals surface area contributed by atoms with Crippen LogP contribution in [-0.4, -0.2) is 30.0 Å². The molecule has 0 saturated carbocycles. The molecule has 0 spiro atoms. The van der Waals surface area contributed by atoms with Gasteiger partial charge in [0, 0.05) is 0 Å². The quantitative estimate of drug-likeness (QED) is 0.362. The molecule has 0 aliphatic carbocycles. The first kappa shape index (κ1) is 14.7. The van der Waals surface area contributed by atoms with Crippen molar-refractivity contribution in [2.75, 3.05) is 17.7 Å². The van der Waals surface area contributed by atoms with Crippen molar-refractivity contribution in [1.82, 2.24) is 5.32 Å². The van der Waals surface area contributed by atoms with Gasteiger partial charge in [-0.05, 0) is 12.1 Å². The Kier molecular flexibility index (Phi) is 5.58. The van der Waals surface area contributed by atoms with Gasteiger partial charge in [-0.15, -0.1) is 18.0 Å². The summed E-state index contributed by atoms with van der Waals surface area (Å²) in [6.45, 7) is -0.0409. The monoisotopic (exact) mass is 278 g/mol. The first-order chi connectivity index (χ1) is 9.10. The number of halogens is 1. The third kappa shape index (κ3) is 4.12. The van der Waals surface area contributed by atoms with Gasteiger partial charge < -0.3 is 10.6 Å². The molecule has 0 radical (unpaired) electrons. The van der Waals surface area contributed by atoms with Gasteiger partial charge in [-0.1, -0.05) is 18.1 Å². The minimum Gasteiger partial charge on any atom is -0.338 e. The Labute approximate surface area is 115 Å². The van der Waals surface area contributed by atoms with E-state index in [0.717, 1.165) is 0 Å². The molecule has 1 aromatic rings. The topological polar surface area (TPSA) is 75.3 Å². The van der Waals surface area contributed by atoms with Crippen molar-refractivity contribution >= 4 is 34.9 Å². The number of Topliss-reactive ketones (excluding diaryl/α,β-unsaturated/α-hetero) is 1. The van der Waals surface area contributed by atoms with Crippen LogP contribution in [0.1, 0.15) is 10.4 Å². The largest absolute Gasteiger partial charge is 0.338 e. The number of hydrogen-bond donors (Lipinski definition) is 2. The fraction of sp³-hybridized carbons (Fsp3) is 0.154. The van der Waals surface area contributed by atoms with Crippen LogP contribution < -0.4 is 10.6 Å². The molecule has 2 N–H and O–H groups in total. The average Bonchev–Trinajstić information content (AvgIpc) is 2.44. The maximum Gasteiger partial charge on any atom is 0.293 e. The number of carbonyl (C=O) groups is 3. The summed E-state index contributed by atoms with van der Waals surface area (Å²) in [7, 11) is 0. The lowest BCUT2D eigenvalue weighted by molar-refractivity contribution is -0.117. The van der Waals surface area contributed by atoms with Crippen molar-refractivity contribution < 1.29 is 14.4 Å². The Morgan fingerprint density at radius 3 is 2.58 bits per heavy atom. The smallest absolute Gasteiger partial charge is 0.293 e. The van der Waals surface area contributed by atoms with Gasteiger partial charge in [0.15, 0.2) is 0 Å². The van der Waals surface area contributed by atoms with E-state index in [2.05, 4.69) is 16.6 Å². The van der Waals surface area contributed by atoms with E-state index in [1.54, 1.807) is 12.1 Å². The van der Waals surface area contributed by atoms with Crippen LogP contribution in [0.2, 0.25) is 0 Å². The summed E-state index contributed by atoms with van der Waals surface area (Å²) >= 11 is 5.37. The number of alkyl halides is 1. The first-order valence-electron chi connectivity index (χ1n) is 5.31. The van der Waals surface area contributed by atoms with Crippen LogP contribution in [0.5, 0.6) is 0 Å². The van der Waals surface area contributed by atoms with Crippen LogP contribution in [0.3, 0.4) is 0 Å². The summed E-state index contributed by atoms with van der Waals surface area (Å²) in [5, 5.41) is 4.70. The number of para-hydroxylation sites is 1. The zero-order valence-corrected chi connectivity index (χ0v) is 10.7. The third-order valence-corrected chi connectivity index (χ3v) is 2.37. The number of anilines is 1. The molecule has 0 heterocycles. The van der Waals surface area contributed by atoms with Crippen LogP contribution in [0.15, 0.2) is 24.3 Å². The Balaban J connectivity index is 2.94. The molecule has 0 bridgehead atoms. The highest BCUT2D eigenvalue weighted by Gasteiger charge is 2.19. The van der Waals surface area contributed by atoms with Gasteiger partial charge in [-0.25, -0.2) is 0 Å². The summed E-state index contributed by atoms with van der Waals surface area (Å²) in [5.41, 5.74) is 0.310. The summed E-state index contributed by atoms with van der Waals surface area (Å²) in [6, 6.07) is 6.14. The summed E-state index contributed by atoms with van der Waals surface area (Å²) in [4.78, 5) is 34.6.